The molecule has 0 saturated carbocycles. The largest absolute Gasteiger partial charge is 0.481 e. The number of hydrogen-bond acceptors (Lipinski definition) is 5. The summed E-state index contributed by atoms with van der Waals surface area (Å²) in [6.45, 7) is 0.468. The number of carbonyl (C=O) groups is 2. The van der Waals surface area contributed by atoms with Crippen LogP contribution < -0.4 is 5.73 Å². The molecule has 2 unspecified atom stereocenters. The maximum atomic E-state index is 11.4. The molecule has 1 aromatic heterocycles. The van der Waals surface area contributed by atoms with E-state index in [0.29, 0.717) is 18.8 Å². The van der Waals surface area contributed by atoms with Gasteiger partial charge in [0.05, 0.1) is 12.1 Å². The van der Waals surface area contributed by atoms with E-state index >= 15 is 0 Å². The molecule has 22 heavy (non-hydrogen) atoms. The summed E-state index contributed by atoms with van der Waals surface area (Å²) in [5.74, 6) is -2.41. The van der Waals surface area contributed by atoms with Crippen LogP contribution in [0.3, 0.4) is 0 Å². The van der Waals surface area contributed by atoms with E-state index in [1.807, 2.05) is 0 Å². The molecule has 0 amide bonds. The molecule has 8 nitrogen and oxygen atoms in total. The lowest BCUT2D eigenvalue weighted by Crippen LogP contribution is -2.28. The van der Waals surface area contributed by atoms with Crippen LogP contribution in [0.4, 0.5) is 5.95 Å². The molecule has 0 spiro atoms. The van der Waals surface area contributed by atoms with Crippen molar-refractivity contribution in [2.75, 3.05) is 5.73 Å². The van der Waals surface area contributed by atoms with Gasteiger partial charge in [0.1, 0.15) is 11.7 Å². The molecule has 2 aromatic rings. The van der Waals surface area contributed by atoms with Crippen molar-refractivity contribution in [1.29, 1.82) is 0 Å². The Hall–Kier alpha value is -2.90. The van der Waals surface area contributed by atoms with Gasteiger partial charge in [-0.15, -0.1) is 5.10 Å². The molecule has 1 aliphatic heterocycles. The van der Waals surface area contributed by atoms with Gasteiger partial charge in [0.25, 0.3) is 0 Å². The van der Waals surface area contributed by atoms with Gasteiger partial charge in [0, 0.05) is 5.92 Å². The second-order valence-corrected chi connectivity index (χ2v) is 5.26. The van der Waals surface area contributed by atoms with Gasteiger partial charge < -0.3 is 15.9 Å². The summed E-state index contributed by atoms with van der Waals surface area (Å²) in [6.07, 6.45) is 0.375. The quantitative estimate of drug-likeness (QED) is 0.767. The molecule has 0 bridgehead atoms. The first-order valence-corrected chi connectivity index (χ1v) is 6.72. The minimum atomic E-state index is -0.995. The number of anilines is 1. The van der Waals surface area contributed by atoms with Crippen LogP contribution in [-0.4, -0.2) is 36.9 Å². The number of aromatic nitrogens is 3. The summed E-state index contributed by atoms with van der Waals surface area (Å²) in [5, 5.41) is 22.3. The maximum Gasteiger partial charge on any atom is 0.335 e. The summed E-state index contributed by atoms with van der Waals surface area (Å²) in [7, 11) is 0. The van der Waals surface area contributed by atoms with Crippen molar-refractivity contribution in [2.45, 2.75) is 24.8 Å². The van der Waals surface area contributed by atoms with E-state index in [-0.39, 0.29) is 17.4 Å². The average molecular weight is 302 g/mol. The molecule has 8 heteroatoms. The minimum absolute atomic E-state index is 0.0584. The lowest BCUT2D eigenvalue weighted by atomic mass is 9.85. The SMILES string of the molecule is Nc1nc2n(n1)CC(c1ccc(C(=O)O)cc1)CC2C(=O)O. The van der Waals surface area contributed by atoms with Crippen molar-refractivity contribution in [3.63, 3.8) is 0 Å². The van der Waals surface area contributed by atoms with Gasteiger partial charge in [0.15, 0.2) is 0 Å². The van der Waals surface area contributed by atoms with Crippen molar-refractivity contribution in [3.05, 3.63) is 41.2 Å². The Labute approximate surface area is 125 Å². The Bertz CT molecular complexity index is 738. The number of rotatable bonds is 3. The molecule has 0 saturated heterocycles. The first-order valence-electron chi connectivity index (χ1n) is 6.72. The molecule has 2 heterocycles. The van der Waals surface area contributed by atoms with E-state index in [0.717, 1.165) is 5.56 Å². The van der Waals surface area contributed by atoms with E-state index in [9.17, 15) is 14.7 Å². The Morgan fingerprint density at radius 1 is 1.23 bits per heavy atom. The smallest absolute Gasteiger partial charge is 0.335 e. The number of nitrogens with two attached hydrogens (primary N) is 1. The van der Waals surface area contributed by atoms with E-state index < -0.39 is 17.9 Å². The number of aliphatic carboxylic acids is 1. The zero-order valence-corrected chi connectivity index (χ0v) is 11.5. The van der Waals surface area contributed by atoms with Crippen molar-refractivity contribution in [1.82, 2.24) is 14.8 Å². The predicted octanol–water partition coefficient (Wildman–Crippen LogP) is 0.914. The number of nitrogens with zero attached hydrogens (tertiary/aromatic N) is 3. The number of hydrogen-bond donors (Lipinski definition) is 3. The number of carboxylic acids is 2. The molecule has 0 fully saturated rings. The predicted molar refractivity (Wildman–Crippen MR) is 75.6 cm³/mol. The Morgan fingerprint density at radius 3 is 2.50 bits per heavy atom. The van der Waals surface area contributed by atoms with Gasteiger partial charge in [-0.25, -0.2) is 9.48 Å². The number of nitrogen functional groups attached to an aromatic ring is 1. The highest BCUT2D eigenvalue weighted by Crippen LogP contribution is 2.36. The fourth-order valence-corrected chi connectivity index (χ4v) is 2.79. The molecular formula is C14H14N4O4. The normalized spacial score (nSPS) is 20.4. The van der Waals surface area contributed by atoms with Gasteiger partial charge >= 0.3 is 11.9 Å². The van der Waals surface area contributed by atoms with Crippen LogP contribution >= 0.6 is 0 Å². The van der Waals surface area contributed by atoms with Crippen molar-refractivity contribution in [3.8, 4) is 0 Å². The summed E-state index contributed by atoms with van der Waals surface area (Å²) < 4.78 is 1.52. The summed E-state index contributed by atoms with van der Waals surface area (Å²) in [6, 6.07) is 6.44. The van der Waals surface area contributed by atoms with Gasteiger partial charge in [-0.1, -0.05) is 12.1 Å². The molecule has 0 aliphatic carbocycles. The Balaban J connectivity index is 1.93. The van der Waals surface area contributed by atoms with Gasteiger partial charge in [-0.05, 0) is 24.1 Å². The fraction of sp³-hybridized carbons (Fsp3) is 0.286. The highest BCUT2D eigenvalue weighted by atomic mass is 16.4. The van der Waals surface area contributed by atoms with Crippen LogP contribution in [0, 0.1) is 0 Å². The third-order valence-corrected chi connectivity index (χ3v) is 3.87. The van der Waals surface area contributed by atoms with E-state index in [1.54, 1.807) is 12.1 Å². The third kappa shape index (κ3) is 2.39. The van der Waals surface area contributed by atoms with Crippen LogP contribution in [0.1, 0.15) is 40.0 Å². The summed E-state index contributed by atoms with van der Waals surface area (Å²) in [5.41, 5.74) is 6.62. The molecule has 2 atom stereocenters. The molecule has 1 aliphatic rings. The zero-order valence-electron chi connectivity index (χ0n) is 11.5. The lowest BCUT2D eigenvalue weighted by molar-refractivity contribution is -0.139. The Morgan fingerprint density at radius 2 is 1.91 bits per heavy atom. The molecule has 114 valence electrons. The second-order valence-electron chi connectivity index (χ2n) is 5.26. The minimum Gasteiger partial charge on any atom is -0.481 e. The summed E-state index contributed by atoms with van der Waals surface area (Å²) >= 11 is 0. The van der Waals surface area contributed by atoms with Crippen molar-refractivity contribution in [2.24, 2.45) is 0 Å². The van der Waals surface area contributed by atoms with Crippen LogP contribution in [0.25, 0.3) is 0 Å². The maximum absolute atomic E-state index is 11.4. The average Bonchev–Trinajstić information content (AvgIpc) is 2.86. The summed E-state index contributed by atoms with van der Waals surface area (Å²) in [4.78, 5) is 26.3. The monoisotopic (exact) mass is 302 g/mol. The number of aromatic carboxylic acids is 1. The molecule has 4 N–H and O–H groups in total. The van der Waals surface area contributed by atoms with E-state index in [4.69, 9.17) is 10.8 Å². The van der Waals surface area contributed by atoms with Crippen LogP contribution in [-0.2, 0) is 11.3 Å². The van der Waals surface area contributed by atoms with Gasteiger partial charge in [-0.3, -0.25) is 4.79 Å². The van der Waals surface area contributed by atoms with Crippen molar-refractivity contribution < 1.29 is 19.8 Å². The topological polar surface area (TPSA) is 131 Å². The lowest BCUT2D eigenvalue weighted by Gasteiger charge is -2.27. The number of fused-ring (bicyclic) bond motifs is 1. The highest BCUT2D eigenvalue weighted by molar-refractivity contribution is 5.87. The standard InChI is InChI=1S/C14H14N4O4/c15-14-16-11-10(13(21)22)5-9(6-18(11)17-14)7-1-3-8(4-2-7)12(19)20/h1-4,9-10H,5-6H2,(H2,15,17)(H,19,20)(H,21,22). The number of benzene rings is 1. The van der Waals surface area contributed by atoms with Crippen LogP contribution in [0.5, 0.6) is 0 Å². The molecule has 0 radical (unpaired) electrons. The molecular weight excluding hydrogens is 288 g/mol. The first-order chi connectivity index (χ1) is 10.5. The number of carboxylic acid groups (broad SMARTS) is 2. The first kappa shape index (κ1) is 14.1. The second kappa shape index (κ2) is 5.14. The zero-order chi connectivity index (χ0) is 15.9. The van der Waals surface area contributed by atoms with E-state index in [2.05, 4.69) is 10.1 Å². The van der Waals surface area contributed by atoms with Crippen LogP contribution in [0.2, 0.25) is 0 Å². The highest BCUT2D eigenvalue weighted by Gasteiger charge is 2.35. The van der Waals surface area contributed by atoms with Crippen LogP contribution in [0.15, 0.2) is 24.3 Å². The fourth-order valence-electron chi connectivity index (χ4n) is 2.79. The van der Waals surface area contributed by atoms with E-state index in [1.165, 1.54) is 16.8 Å². The third-order valence-electron chi connectivity index (χ3n) is 3.87. The van der Waals surface area contributed by atoms with Crippen molar-refractivity contribution >= 4 is 17.9 Å². The van der Waals surface area contributed by atoms with Gasteiger partial charge in [0.2, 0.25) is 5.95 Å². The molecule has 1 aromatic carbocycles. The molecule has 3 rings (SSSR count). The van der Waals surface area contributed by atoms with Gasteiger partial charge in [-0.2, -0.15) is 4.98 Å². The Kier molecular flexibility index (Phi) is 3.28.